The molecule has 1 aromatic rings. The van der Waals surface area contributed by atoms with Gasteiger partial charge < -0.3 is 140 Å². The minimum Gasteiger partial charge on any atom is -0.463 e. The highest BCUT2D eigenvalue weighted by molar-refractivity contribution is 7.45. The molecule has 0 radical (unpaired) electrons. The van der Waals surface area contributed by atoms with Gasteiger partial charge in [0.2, 0.25) is 47.5 Å². The molecule has 4 rings (SSSR count). The SMILES string of the molecule is CC(=O)NC1C(OCCOCCOCCNC(=O)CN(CC(=O)NCCOCCOCCOC2OC(COC(C)=O)C(OC(C)=O)C(OC(C)=O)C2NC(C)=O)C(Cc2ccc(OP(OCCC#N)N(C(C)C)C(C)C)cc2)C(=O)NCCOCCOCCOC2OC(COC(C)=O)C(OC(C)=O)CC2(NC(C)=O)OC(C)=O)OC(COC(C)=O)C(OC(C)=O)C1OC(C)=O. The Morgan fingerprint density at radius 3 is 1.23 bits per heavy atom. The summed E-state index contributed by atoms with van der Waals surface area (Å²) in [6, 6.07) is 5.12. The lowest BCUT2D eigenvalue weighted by atomic mass is 9.96. The molecule has 0 spiro atoms. The molecule has 16 unspecified atom stereocenters. The number of ether oxygens (including phenoxy) is 21. The molecule has 47 nitrogen and oxygen atoms in total. The van der Waals surface area contributed by atoms with E-state index < -0.39 is 222 Å². The molecule has 1 aromatic carbocycles. The van der Waals surface area contributed by atoms with Crippen molar-refractivity contribution < 1.29 is 180 Å². The number of nitrogens with zero attached hydrogens (tertiary/aromatic N) is 3. The number of benzene rings is 1. The van der Waals surface area contributed by atoms with Crippen LogP contribution in [0.15, 0.2) is 24.3 Å². The molecule has 0 bridgehead atoms. The van der Waals surface area contributed by atoms with Gasteiger partial charge in [0.1, 0.15) is 62.1 Å². The van der Waals surface area contributed by atoms with Crippen LogP contribution in [-0.2, 0) is 182 Å². The van der Waals surface area contributed by atoms with Gasteiger partial charge in [0, 0.05) is 115 Å². The van der Waals surface area contributed by atoms with Gasteiger partial charge in [0.25, 0.3) is 0 Å². The summed E-state index contributed by atoms with van der Waals surface area (Å²) in [5.41, 5.74) is -1.46. The van der Waals surface area contributed by atoms with Crippen molar-refractivity contribution in [1.29, 1.82) is 5.26 Å². The number of carbonyl (C=O) groups is 15. The second kappa shape index (κ2) is 61.2. The van der Waals surface area contributed by atoms with Crippen molar-refractivity contribution in [3.05, 3.63) is 29.8 Å². The molecule has 6 amide bonds. The van der Waals surface area contributed by atoms with Gasteiger partial charge in [-0.2, -0.15) is 5.26 Å². The van der Waals surface area contributed by atoms with Gasteiger partial charge in [-0.25, -0.2) is 4.67 Å². The molecular weight excluding hydrogens is 1750 g/mol. The summed E-state index contributed by atoms with van der Waals surface area (Å²) in [6.45, 7) is 18.0. The van der Waals surface area contributed by atoms with Crippen LogP contribution in [0.2, 0.25) is 0 Å². The van der Waals surface area contributed by atoms with Gasteiger partial charge >= 0.3 is 62.2 Å². The van der Waals surface area contributed by atoms with E-state index in [1.165, 1.54) is 18.7 Å². The number of esters is 9. The van der Waals surface area contributed by atoms with Crippen molar-refractivity contribution in [2.75, 3.05) is 158 Å². The van der Waals surface area contributed by atoms with Crippen molar-refractivity contribution in [1.82, 2.24) is 41.5 Å². The second-order valence-corrected chi connectivity index (χ2v) is 31.3. The van der Waals surface area contributed by atoms with E-state index in [0.29, 0.717) is 11.3 Å². The van der Waals surface area contributed by atoms with Crippen molar-refractivity contribution in [2.45, 2.75) is 234 Å². The minimum atomic E-state index is -2.01. The molecule has 16 atom stereocenters. The number of hydrogen-bond donors (Lipinski definition) is 6. The van der Waals surface area contributed by atoms with Crippen LogP contribution in [0.25, 0.3) is 0 Å². The first kappa shape index (κ1) is 113. The summed E-state index contributed by atoms with van der Waals surface area (Å²) in [5.74, 6) is -10.1. The summed E-state index contributed by atoms with van der Waals surface area (Å²) in [7, 11) is -1.73. The molecule has 0 saturated carbocycles. The minimum absolute atomic E-state index is 0.00199. The Morgan fingerprint density at radius 1 is 0.454 bits per heavy atom. The Bertz CT molecular complexity index is 3640. The molecule has 48 heteroatoms. The molecule has 0 aromatic heterocycles. The Hall–Kier alpha value is -9.61. The number of amides is 6. The number of nitrogens with one attached hydrogen (secondary N) is 6. The van der Waals surface area contributed by atoms with Crippen molar-refractivity contribution in [3.63, 3.8) is 0 Å². The zero-order chi connectivity index (χ0) is 96.4. The third kappa shape index (κ3) is 44.1. The van der Waals surface area contributed by atoms with E-state index in [2.05, 4.69) is 38.0 Å². The quantitative estimate of drug-likeness (QED) is 0.0155. The summed E-state index contributed by atoms with van der Waals surface area (Å²) in [4.78, 5) is 191. The number of rotatable bonds is 61. The zero-order valence-electron chi connectivity index (χ0n) is 76.4. The van der Waals surface area contributed by atoms with Crippen LogP contribution in [0, 0.1) is 11.3 Å². The molecule has 3 aliphatic rings. The van der Waals surface area contributed by atoms with Gasteiger partial charge in [-0.1, -0.05) is 12.1 Å². The van der Waals surface area contributed by atoms with Crippen LogP contribution in [0.1, 0.15) is 129 Å². The third-order valence-electron chi connectivity index (χ3n) is 18.2. The fraction of sp³-hybridized carbons (Fsp3) is 0.732. The first-order chi connectivity index (χ1) is 61.7. The molecule has 6 N–H and O–H groups in total. The standard InChI is InChI=1S/C82H128N9O38P/c1-49(2)91(50(3)4)130(119-26-17-22-83)129-64-20-18-63(19-21-64)42-65(78(106)86-25-29-109-32-35-112-38-41-115-81-82(89-53(7)94,128-62(16)103)43-66(120-57(11)98)67(127-81)46-116-54(8)95)90(44-70(104)84-23-27-107-30-33-110-36-39-113-79-72(87-51(5)92)76(123-60(14)101)74(121-58(12)99)68(125-79)47-117-55(9)96)45-71(105)85-24-28-108-31-34-111-37-40-114-80-73(88-52(6)93)77(124-61(15)102)75(122-59(13)100)69(126-80)48-118-56(10)97/h18-21,49-50,65-69,72-77,79-81H,17,23-48H2,1-16H3,(H,84,104)(H,85,105)(H,86,106)(H,87,92)(H,88,93)(H,89,94). The van der Waals surface area contributed by atoms with Crippen molar-refractivity contribution >= 4 is 97.7 Å². The average molecular weight is 1880 g/mol. The van der Waals surface area contributed by atoms with Gasteiger partial charge in [-0.05, 0) is 51.8 Å². The van der Waals surface area contributed by atoms with E-state index in [4.69, 9.17) is 109 Å². The monoisotopic (exact) mass is 1880 g/mol. The Balaban J connectivity index is 1.53. The molecule has 3 fully saturated rings. The van der Waals surface area contributed by atoms with Gasteiger partial charge in [-0.3, -0.25) is 76.8 Å². The first-order valence-corrected chi connectivity index (χ1v) is 43.3. The van der Waals surface area contributed by atoms with Gasteiger partial charge in [0.15, 0.2) is 37.0 Å². The van der Waals surface area contributed by atoms with Crippen LogP contribution >= 0.6 is 8.53 Å². The molecule has 130 heavy (non-hydrogen) atoms. The lowest BCUT2D eigenvalue weighted by molar-refractivity contribution is -0.320. The topological polar surface area (TPSA) is 571 Å². The predicted octanol–water partition coefficient (Wildman–Crippen LogP) is -0.630. The number of carbonyl (C=O) groups excluding carboxylic acids is 15. The molecule has 3 saturated heterocycles. The summed E-state index contributed by atoms with van der Waals surface area (Å²) >= 11 is 0. The van der Waals surface area contributed by atoms with E-state index in [9.17, 15) is 77.2 Å². The third-order valence-corrected chi connectivity index (χ3v) is 20.2. The summed E-state index contributed by atoms with van der Waals surface area (Å²) in [6.07, 6.45) is -14.6. The molecular formula is C82H128N9O38P. The Kier molecular flexibility index (Phi) is 53.0. The van der Waals surface area contributed by atoms with Gasteiger partial charge in [-0.15, -0.1) is 0 Å². The summed E-state index contributed by atoms with van der Waals surface area (Å²) in [5, 5.41) is 25.5. The zero-order valence-corrected chi connectivity index (χ0v) is 77.3. The van der Waals surface area contributed by atoms with E-state index in [-0.39, 0.29) is 157 Å². The molecule has 3 aliphatic heterocycles. The smallest absolute Gasteiger partial charge is 0.321 e. The van der Waals surface area contributed by atoms with Crippen LogP contribution in [0.5, 0.6) is 5.75 Å². The van der Waals surface area contributed by atoms with Gasteiger partial charge in [0.05, 0.1) is 144 Å². The van der Waals surface area contributed by atoms with Crippen molar-refractivity contribution in [3.8, 4) is 11.8 Å². The van der Waals surface area contributed by atoms with Crippen molar-refractivity contribution in [2.24, 2.45) is 0 Å². The highest BCUT2D eigenvalue weighted by Gasteiger charge is 2.56. The summed E-state index contributed by atoms with van der Waals surface area (Å²) < 4.78 is 134. The largest absolute Gasteiger partial charge is 0.463 e. The number of hydrogen-bond acceptors (Lipinski definition) is 41. The maximum atomic E-state index is 14.9. The van der Waals surface area contributed by atoms with Crippen LogP contribution < -0.4 is 36.4 Å². The number of nitriles is 1. The maximum absolute atomic E-state index is 14.9. The highest BCUT2D eigenvalue weighted by atomic mass is 31.2. The lowest BCUT2D eigenvalue weighted by Crippen LogP contribution is -2.68. The fourth-order valence-electron chi connectivity index (χ4n) is 13.3. The van der Waals surface area contributed by atoms with Crippen LogP contribution in [-0.4, -0.2) is 361 Å². The predicted molar refractivity (Wildman–Crippen MR) is 445 cm³/mol. The van der Waals surface area contributed by atoms with Crippen LogP contribution in [0.3, 0.4) is 0 Å². The van der Waals surface area contributed by atoms with Crippen LogP contribution in [0.4, 0.5) is 0 Å². The molecule has 0 aliphatic carbocycles. The maximum Gasteiger partial charge on any atom is 0.321 e. The van der Waals surface area contributed by atoms with E-state index in [1.807, 2.05) is 32.4 Å². The van der Waals surface area contributed by atoms with E-state index >= 15 is 0 Å². The lowest BCUT2D eigenvalue weighted by Gasteiger charge is -2.47. The Labute approximate surface area is 755 Å². The first-order valence-electron chi connectivity index (χ1n) is 42.2. The Morgan fingerprint density at radius 2 is 0.846 bits per heavy atom. The molecule has 3 heterocycles. The average Bonchev–Trinajstić information content (AvgIpc) is 0.774. The van der Waals surface area contributed by atoms with E-state index in [0.717, 1.165) is 69.2 Å². The highest BCUT2D eigenvalue weighted by Crippen LogP contribution is 2.46. The second-order valence-electron chi connectivity index (χ2n) is 29.9. The molecule has 734 valence electrons. The normalized spacial score (nSPS) is 22.2. The fourth-order valence-corrected chi connectivity index (χ4v) is 14.9. The van der Waals surface area contributed by atoms with E-state index in [1.54, 1.807) is 24.3 Å².